The van der Waals surface area contributed by atoms with Gasteiger partial charge in [0.15, 0.2) is 0 Å². The number of benzene rings is 2. The van der Waals surface area contributed by atoms with Crippen LogP contribution in [-0.4, -0.2) is 15.5 Å². The first-order chi connectivity index (χ1) is 18.0. The third-order valence-electron chi connectivity index (χ3n) is 7.86. The molecule has 3 aliphatic rings. The summed E-state index contributed by atoms with van der Waals surface area (Å²) in [7, 11) is 1.83. The lowest BCUT2D eigenvalue weighted by atomic mass is 9.78. The number of amides is 1. The average molecular weight is 496 g/mol. The number of fused-ring (bicyclic) bond motifs is 1. The van der Waals surface area contributed by atoms with Crippen LogP contribution in [0, 0.1) is 17.7 Å². The first-order valence-corrected chi connectivity index (χ1v) is 12.8. The molecule has 0 saturated heterocycles. The Kier molecular flexibility index (Phi) is 5.91. The minimum atomic E-state index is -0.241. The van der Waals surface area contributed by atoms with Crippen LogP contribution in [0.1, 0.15) is 48.3 Å². The van der Waals surface area contributed by atoms with Gasteiger partial charge in [-0.15, -0.1) is 0 Å². The normalized spacial score (nSPS) is 21.1. The lowest BCUT2D eigenvalue weighted by molar-refractivity contribution is 0.0923. The predicted octanol–water partition coefficient (Wildman–Crippen LogP) is 5.57. The number of hydrogen-bond donors (Lipinski definition) is 2. The molecule has 1 amide bonds. The highest BCUT2D eigenvalue weighted by Crippen LogP contribution is 2.49. The molecule has 0 bridgehead atoms. The molecule has 2 heterocycles. The number of rotatable bonds is 6. The molecule has 2 N–H and O–H groups in total. The summed E-state index contributed by atoms with van der Waals surface area (Å²) in [6.07, 6.45) is 10.5. The number of nitrogens with one attached hydrogen (secondary N) is 2. The maximum absolute atomic E-state index is 13.5. The van der Waals surface area contributed by atoms with E-state index >= 15 is 0 Å². The zero-order chi connectivity index (χ0) is 25.5. The van der Waals surface area contributed by atoms with Gasteiger partial charge in [-0.1, -0.05) is 42.8 Å². The van der Waals surface area contributed by atoms with Crippen LogP contribution < -0.4 is 15.8 Å². The van der Waals surface area contributed by atoms with Crippen molar-refractivity contribution in [3.8, 4) is 0 Å². The molecule has 1 aromatic heterocycles. The molecular weight excluding hydrogens is 465 g/mol. The Labute approximate surface area is 216 Å². The maximum Gasteiger partial charge on any atom is 0.270 e. The average Bonchev–Trinajstić information content (AvgIpc) is 3.64. The molecular formula is C30H30FN5O. The van der Waals surface area contributed by atoms with Gasteiger partial charge >= 0.3 is 0 Å². The van der Waals surface area contributed by atoms with E-state index in [0.29, 0.717) is 11.6 Å². The number of hydrazine groups is 1. The molecule has 0 radical (unpaired) electrons. The highest BCUT2D eigenvalue weighted by atomic mass is 19.1. The second-order valence-electron chi connectivity index (χ2n) is 10.1. The van der Waals surface area contributed by atoms with Crippen LogP contribution in [-0.2, 0) is 7.05 Å². The third-order valence-corrected chi connectivity index (χ3v) is 7.86. The van der Waals surface area contributed by atoms with Crippen LogP contribution in [0.25, 0.3) is 0 Å². The highest BCUT2D eigenvalue weighted by molar-refractivity contribution is 5.92. The van der Waals surface area contributed by atoms with Crippen LogP contribution in [0.15, 0.2) is 102 Å². The summed E-state index contributed by atoms with van der Waals surface area (Å²) in [4.78, 5) is 17.2. The van der Waals surface area contributed by atoms with Crippen molar-refractivity contribution in [2.75, 3.05) is 5.01 Å². The number of anilines is 1. The minimum absolute atomic E-state index is 0.107. The number of aromatic nitrogens is 2. The molecule has 1 unspecified atom stereocenters. The van der Waals surface area contributed by atoms with Crippen LogP contribution in [0.2, 0.25) is 0 Å². The van der Waals surface area contributed by atoms with E-state index in [9.17, 15) is 9.18 Å². The monoisotopic (exact) mass is 495 g/mol. The Morgan fingerprint density at radius 2 is 1.97 bits per heavy atom. The van der Waals surface area contributed by atoms with Crippen LogP contribution in [0.4, 0.5) is 10.1 Å². The van der Waals surface area contributed by atoms with E-state index < -0.39 is 0 Å². The Bertz CT molecular complexity index is 1420. The maximum atomic E-state index is 13.5. The lowest BCUT2D eigenvalue weighted by Gasteiger charge is -2.31. The molecule has 0 saturated carbocycles. The van der Waals surface area contributed by atoms with Crippen molar-refractivity contribution in [3.63, 3.8) is 0 Å². The fourth-order valence-electron chi connectivity index (χ4n) is 6.02. The molecule has 188 valence electrons. The minimum Gasteiger partial charge on any atom is -0.344 e. The molecule has 6 nitrogen and oxygen atoms in total. The molecule has 3 atom stereocenters. The second kappa shape index (κ2) is 9.39. The van der Waals surface area contributed by atoms with Crippen molar-refractivity contribution in [2.45, 2.75) is 32.2 Å². The quantitative estimate of drug-likeness (QED) is 0.469. The molecule has 7 heteroatoms. The van der Waals surface area contributed by atoms with Crippen molar-refractivity contribution in [3.05, 3.63) is 119 Å². The number of carbonyl (C=O) groups excluding carboxylic acids is 1. The summed E-state index contributed by atoms with van der Waals surface area (Å²) in [5, 5.41) is 5.32. The first-order valence-electron chi connectivity index (χ1n) is 12.8. The number of nitrogens with zero attached hydrogens (tertiary/aromatic N) is 3. The second-order valence-corrected chi connectivity index (χ2v) is 10.1. The predicted molar refractivity (Wildman–Crippen MR) is 142 cm³/mol. The van der Waals surface area contributed by atoms with Crippen molar-refractivity contribution in [1.29, 1.82) is 0 Å². The zero-order valence-corrected chi connectivity index (χ0v) is 21.0. The van der Waals surface area contributed by atoms with E-state index in [-0.39, 0.29) is 23.7 Å². The molecule has 37 heavy (non-hydrogen) atoms. The first kappa shape index (κ1) is 23.3. The van der Waals surface area contributed by atoms with Gasteiger partial charge in [-0.2, -0.15) is 0 Å². The van der Waals surface area contributed by atoms with E-state index in [0.717, 1.165) is 36.2 Å². The molecule has 0 fully saturated rings. The van der Waals surface area contributed by atoms with Crippen molar-refractivity contribution in [1.82, 2.24) is 20.3 Å². The molecule has 1 aliphatic heterocycles. The summed E-state index contributed by atoms with van der Waals surface area (Å²) >= 11 is 0. The van der Waals surface area contributed by atoms with Gasteiger partial charge in [0, 0.05) is 24.7 Å². The topological polar surface area (TPSA) is 62.2 Å². The van der Waals surface area contributed by atoms with Crippen molar-refractivity contribution < 1.29 is 9.18 Å². The zero-order valence-electron chi connectivity index (χ0n) is 21.0. The van der Waals surface area contributed by atoms with Crippen molar-refractivity contribution >= 4 is 11.6 Å². The molecule has 3 aromatic rings. The van der Waals surface area contributed by atoms with Gasteiger partial charge in [-0.05, 0) is 66.7 Å². The summed E-state index contributed by atoms with van der Waals surface area (Å²) < 4.78 is 15.2. The van der Waals surface area contributed by atoms with Crippen LogP contribution in [0.3, 0.4) is 0 Å². The van der Waals surface area contributed by atoms with Gasteiger partial charge in [0.25, 0.3) is 5.91 Å². The van der Waals surface area contributed by atoms with Gasteiger partial charge in [-0.25, -0.2) is 9.37 Å². The number of aryl methyl sites for hydroxylation is 1. The number of allylic oxidation sites excluding steroid dienone is 4. The third kappa shape index (κ3) is 4.24. The number of imidazole rings is 1. The largest absolute Gasteiger partial charge is 0.344 e. The Balaban J connectivity index is 1.28. The van der Waals surface area contributed by atoms with E-state index in [4.69, 9.17) is 0 Å². The van der Waals surface area contributed by atoms with Crippen LogP contribution in [0.5, 0.6) is 0 Å². The standard InChI is InChI=1S/C30H30FN5O/c1-19-25-16-33-36(24-12-10-23(31)11-13-24)27(25)15-22-9-8-21(29(19)22)14-26(20-6-4-3-5-7-20)34-30(37)28-17-32-18-35(28)2/h3-7,10-13,15-19,21,26,33H,8-9,14H2,1-2H3,(H,34,37)/t19-,21+,26?/m0/s1. The lowest BCUT2D eigenvalue weighted by Crippen LogP contribution is -2.32. The highest BCUT2D eigenvalue weighted by Gasteiger charge is 2.39. The van der Waals surface area contributed by atoms with Gasteiger partial charge in [0.2, 0.25) is 0 Å². The van der Waals surface area contributed by atoms with Gasteiger partial charge in [0.05, 0.1) is 30.0 Å². The Morgan fingerprint density at radius 3 is 2.70 bits per heavy atom. The van der Waals surface area contributed by atoms with Gasteiger partial charge < -0.3 is 15.3 Å². The van der Waals surface area contributed by atoms with E-state index in [1.54, 1.807) is 29.2 Å². The molecule has 2 aromatic carbocycles. The summed E-state index contributed by atoms with van der Waals surface area (Å²) in [5.41, 5.74) is 11.2. The Hall–Kier alpha value is -4.13. The van der Waals surface area contributed by atoms with E-state index in [1.165, 1.54) is 28.9 Å². The number of halogens is 1. The van der Waals surface area contributed by atoms with E-state index in [2.05, 4.69) is 47.1 Å². The smallest absolute Gasteiger partial charge is 0.270 e. The molecule has 0 spiro atoms. The van der Waals surface area contributed by atoms with Gasteiger partial charge in [0.1, 0.15) is 11.5 Å². The fraction of sp³-hybridized carbons (Fsp3) is 0.267. The Morgan fingerprint density at radius 1 is 1.19 bits per heavy atom. The van der Waals surface area contributed by atoms with Crippen molar-refractivity contribution in [2.24, 2.45) is 18.9 Å². The van der Waals surface area contributed by atoms with Gasteiger partial charge in [-0.3, -0.25) is 9.80 Å². The fourth-order valence-corrected chi connectivity index (χ4v) is 6.02. The summed E-state index contributed by atoms with van der Waals surface area (Å²) in [6, 6.07) is 16.7. The van der Waals surface area contributed by atoms with Crippen LogP contribution >= 0.6 is 0 Å². The summed E-state index contributed by atoms with van der Waals surface area (Å²) in [5.74, 6) is 0.261. The molecule has 2 aliphatic carbocycles. The molecule has 6 rings (SSSR count). The SMILES string of the molecule is C[C@H]1C2=CNN(c3ccc(F)cc3)C2=CC2=C1[C@@H](CC(NC(=O)c1cncn1C)c1ccccc1)CC2. The number of hydrogen-bond acceptors (Lipinski definition) is 4. The van der Waals surface area contributed by atoms with E-state index in [1.807, 2.05) is 30.3 Å². The summed E-state index contributed by atoms with van der Waals surface area (Å²) in [6.45, 7) is 2.27. The number of carbonyl (C=O) groups is 1.